The van der Waals surface area contributed by atoms with Gasteiger partial charge in [-0.05, 0) is 99.8 Å². The number of amides is 3. The lowest BCUT2D eigenvalue weighted by Crippen LogP contribution is -2.52. The summed E-state index contributed by atoms with van der Waals surface area (Å²) in [6, 6.07) is -1.58. The first-order valence-corrected chi connectivity index (χ1v) is 14.7. The fourth-order valence-electron chi connectivity index (χ4n) is 4.18. The van der Waals surface area contributed by atoms with Crippen molar-refractivity contribution in [2.45, 2.75) is 124 Å². The highest BCUT2D eigenvalue weighted by atomic mass is 16.6. The highest BCUT2D eigenvalue weighted by Crippen LogP contribution is 2.21. The number of esters is 1. The number of ether oxygens (including phenoxy) is 3. The maximum absolute atomic E-state index is 13.6. The van der Waals surface area contributed by atoms with Crippen LogP contribution in [0.3, 0.4) is 0 Å². The summed E-state index contributed by atoms with van der Waals surface area (Å²) in [4.78, 5) is 52.4. The number of alkyl carbamates (subject to hydrolysis) is 2. The Labute approximate surface area is 246 Å². The van der Waals surface area contributed by atoms with Crippen molar-refractivity contribution in [2.24, 2.45) is 5.92 Å². The van der Waals surface area contributed by atoms with Gasteiger partial charge in [-0.25, -0.2) is 14.4 Å². The second kappa shape index (κ2) is 17.0. The first kappa shape index (κ1) is 36.0. The molecule has 2 unspecified atom stereocenters. The first-order chi connectivity index (χ1) is 19.0. The number of allylic oxidation sites excluding steroid dienone is 3. The second-order valence-corrected chi connectivity index (χ2v) is 12.9. The zero-order chi connectivity index (χ0) is 31.2. The summed E-state index contributed by atoms with van der Waals surface area (Å²) in [7, 11) is 0. The van der Waals surface area contributed by atoms with Gasteiger partial charge in [-0.2, -0.15) is 0 Å². The van der Waals surface area contributed by atoms with Crippen molar-refractivity contribution in [1.82, 2.24) is 15.5 Å². The molecular weight excluding hydrogens is 526 g/mol. The van der Waals surface area contributed by atoms with Crippen molar-refractivity contribution < 1.29 is 33.4 Å². The van der Waals surface area contributed by atoms with E-state index in [1.54, 1.807) is 41.5 Å². The molecular formula is C31H53N3O7. The van der Waals surface area contributed by atoms with E-state index < -0.39 is 41.4 Å². The van der Waals surface area contributed by atoms with E-state index in [-0.39, 0.29) is 12.5 Å². The minimum atomic E-state index is -0.879. The van der Waals surface area contributed by atoms with Crippen LogP contribution in [-0.2, 0) is 23.8 Å². The Morgan fingerprint density at radius 1 is 0.976 bits per heavy atom. The maximum atomic E-state index is 13.6. The van der Waals surface area contributed by atoms with Gasteiger partial charge in [0.25, 0.3) is 0 Å². The average Bonchev–Trinajstić information content (AvgIpc) is 3.31. The van der Waals surface area contributed by atoms with E-state index >= 15 is 0 Å². The minimum Gasteiger partial charge on any atom is -0.460 e. The van der Waals surface area contributed by atoms with Gasteiger partial charge in [-0.1, -0.05) is 30.7 Å². The van der Waals surface area contributed by atoms with E-state index in [0.29, 0.717) is 51.1 Å². The molecule has 0 aromatic carbocycles. The van der Waals surface area contributed by atoms with Gasteiger partial charge in [0.2, 0.25) is 5.91 Å². The van der Waals surface area contributed by atoms with Gasteiger partial charge in [0.05, 0.1) is 0 Å². The van der Waals surface area contributed by atoms with Gasteiger partial charge < -0.3 is 29.7 Å². The topological polar surface area (TPSA) is 123 Å². The van der Waals surface area contributed by atoms with Crippen molar-refractivity contribution in [2.75, 3.05) is 19.7 Å². The molecule has 2 N–H and O–H groups in total. The Morgan fingerprint density at radius 2 is 1.61 bits per heavy atom. The van der Waals surface area contributed by atoms with Crippen molar-refractivity contribution in [1.29, 1.82) is 0 Å². The van der Waals surface area contributed by atoms with E-state index in [4.69, 9.17) is 14.2 Å². The molecule has 41 heavy (non-hydrogen) atoms. The van der Waals surface area contributed by atoms with E-state index in [9.17, 15) is 19.2 Å². The predicted molar refractivity (Wildman–Crippen MR) is 159 cm³/mol. The Morgan fingerprint density at radius 3 is 2.22 bits per heavy atom. The fourth-order valence-corrected chi connectivity index (χ4v) is 4.18. The van der Waals surface area contributed by atoms with Crippen LogP contribution in [0.4, 0.5) is 9.59 Å². The van der Waals surface area contributed by atoms with Crippen LogP contribution in [0.15, 0.2) is 23.8 Å². The van der Waals surface area contributed by atoms with Crippen molar-refractivity contribution >= 4 is 24.1 Å². The molecule has 0 bridgehead atoms. The number of carbonyl (C=O) groups is 4. The molecule has 0 aromatic heterocycles. The van der Waals surface area contributed by atoms with Gasteiger partial charge in [-0.15, -0.1) is 0 Å². The highest BCUT2D eigenvalue weighted by Gasteiger charge is 2.38. The van der Waals surface area contributed by atoms with E-state index in [0.717, 1.165) is 6.42 Å². The maximum Gasteiger partial charge on any atom is 0.408 e. The standard InChI is InChI=1S/C31H53N3O7/c1-22(2)17-18-23(3)14-13-21-39-27(36)25-16-12-20-34(25)26(35)24(33-29(38)41-31(7,8)9)15-10-11-19-32-28(37)40-30(4,5)6/h13-14,17,23-25H,10-12,15-16,18-21H2,1-9H3,(H,32,37)(H,33,38)/b14-13+/t23?,24?,25-/m0/s1. The lowest BCUT2D eigenvalue weighted by molar-refractivity contribution is -0.153. The molecule has 0 saturated carbocycles. The number of hydrogen-bond donors (Lipinski definition) is 2. The molecule has 0 aromatic rings. The lowest BCUT2D eigenvalue weighted by Gasteiger charge is -2.29. The predicted octanol–water partition coefficient (Wildman–Crippen LogP) is 5.66. The summed E-state index contributed by atoms with van der Waals surface area (Å²) in [6.07, 6.45) is 8.33. The summed E-state index contributed by atoms with van der Waals surface area (Å²) in [5.74, 6) is -0.469. The Balaban J connectivity index is 2.76. The molecule has 3 atom stereocenters. The number of nitrogens with one attached hydrogen (secondary N) is 2. The summed E-state index contributed by atoms with van der Waals surface area (Å²) >= 11 is 0. The van der Waals surface area contributed by atoms with E-state index in [1.807, 2.05) is 12.2 Å². The molecule has 1 aliphatic rings. The van der Waals surface area contributed by atoms with Crippen LogP contribution in [0.25, 0.3) is 0 Å². The van der Waals surface area contributed by atoms with Crippen LogP contribution in [0.1, 0.15) is 101 Å². The molecule has 10 heteroatoms. The Bertz CT molecular complexity index is 927. The molecule has 1 aliphatic heterocycles. The zero-order valence-corrected chi connectivity index (χ0v) is 26.6. The number of rotatable bonds is 13. The smallest absolute Gasteiger partial charge is 0.408 e. The summed E-state index contributed by atoms with van der Waals surface area (Å²) in [5.41, 5.74) is -0.0577. The highest BCUT2D eigenvalue weighted by molar-refractivity contribution is 5.90. The van der Waals surface area contributed by atoms with Gasteiger partial charge in [-0.3, -0.25) is 4.79 Å². The normalized spacial score (nSPS) is 17.0. The third-order valence-corrected chi connectivity index (χ3v) is 6.07. The van der Waals surface area contributed by atoms with Crippen LogP contribution >= 0.6 is 0 Å². The van der Waals surface area contributed by atoms with Crippen LogP contribution in [0.5, 0.6) is 0 Å². The Hall–Kier alpha value is -3.04. The van der Waals surface area contributed by atoms with Gasteiger partial charge >= 0.3 is 18.2 Å². The first-order valence-electron chi connectivity index (χ1n) is 14.7. The molecule has 1 rings (SSSR count). The van der Waals surface area contributed by atoms with Crippen molar-refractivity contribution in [3.63, 3.8) is 0 Å². The molecule has 0 aliphatic carbocycles. The minimum absolute atomic E-state index is 0.140. The summed E-state index contributed by atoms with van der Waals surface area (Å²) in [6.45, 7) is 17.7. The number of hydrogen-bond acceptors (Lipinski definition) is 7. The van der Waals surface area contributed by atoms with Gasteiger partial charge in [0, 0.05) is 13.1 Å². The Kier molecular flexibility index (Phi) is 15.0. The fraction of sp³-hybridized carbons (Fsp3) is 0.742. The van der Waals surface area contributed by atoms with Crippen LogP contribution in [0, 0.1) is 5.92 Å². The van der Waals surface area contributed by atoms with Gasteiger partial charge in [0.1, 0.15) is 29.9 Å². The third kappa shape index (κ3) is 16.1. The van der Waals surface area contributed by atoms with E-state index in [1.165, 1.54) is 10.5 Å². The molecule has 1 fully saturated rings. The zero-order valence-electron chi connectivity index (χ0n) is 26.6. The number of nitrogens with zero attached hydrogens (tertiary/aromatic N) is 1. The second-order valence-electron chi connectivity index (χ2n) is 12.9. The molecule has 0 spiro atoms. The molecule has 10 nitrogen and oxygen atoms in total. The van der Waals surface area contributed by atoms with Crippen LogP contribution in [0.2, 0.25) is 0 Å². The quantitative estimate of drug-likeness (QED) is 0.125. The largest absolute Gasteiger partial charge is 0.460 e. The number of likely N-dealkylation sites (tertiary alicyclic amines) is 1. The van der Waals surface area contributed by atoms with Crippen LogP contribution in [-0.4, -0.2) is 71.9 Å². The number of carbonyl (C=O) groups excluding carboxylic acids is 4. The summed E-state index contributed by atoms with van der Waals surface area (Å²) in [5, 5.41) is 5.39. The van der Waals surface area contributed by atoms with Crippen LogP contribution < -0.4 is 10.6 Å². The molecule has 1 saturated heterocycles. The third-order valence-electron chi connectivity index (χ3n) is 6.07. The monoisotopic (exact) mass is 579 g/mol. The number of unbranched alkanes of at least 4 members (excludes halogenated alkanes) is 1. The molecule has 1 heterocycles. The lowest BCUT2D eigenvalue weighted by atomic mass is 10.1. The van der Waals surface area contributed by atoms with E-state index in [2.05, 4.69) is 37.5 Å². The molecule has 3 amide bonds. The van der Waals surface area contributed by atoms with Crippen molar-refractivity contribution in [3.8, 4) is 0 Å². The molecule has 234 valence electrons. The van der Waals surface area contributed by atoms with Crippen molar-refractivity contribution in [3.05, 3.63) is 23.8 Å². The molecule has 0 radical (unpaired) electrons. The average molecular weight is 580 g/mol. The summed E-state index contributed by atoms with van der Waals surface area (Å²) < 4.78 is 16.1. The van der Waals surface area contributed by atoms with Gasteiger partial charge in [0.15, 0.2) is 0 Å². The SMILES string of the molecule is CC(C)=CCC(C)/C=C/COC(=O)[C@@H]1CCCN1C(=O)C(CCCCNC(=O)OC(C)(C)C)NC(=O)OC(C)(C)C.